The highest BCUT2D eigenvalue weighted by Gasteiger charge is 2.17. The van der Waals surface area contributed by atoms with Crippen LogP contribution in [0.15, 0.2) is 52.7 Å². The van der Waals surface area contributed by atoms with Gasteiger partial charge >= 0.3 is 0 Å². The van der Waals surface area contributed by atoms with E-state index in [0.29, 0.717) is 22.3 Å². The van der Waals surface area contributed by atoms with E-state index >= 15 is 0 Å². The molecule has 6 nitrogen and oxygen atoms in total. The standard InChI is InChI=1S/C20H21N3O3S2/c1-12(28-15-6-4-5-14(21)10-15)19(24)23-20-22-16(11-27-20)13-7-8-17(25-2)18(9-13)26-3/h4-12H,21H2,1-3H3,(H,22,23,24). The van der Waals surface area contributed by atoms with Crippen LogP contribution in [0, 0.1) is 0 Å². The molecule has 1 heterocycles. The fourth-order valence-electron chi connectivity index (χ4n) is 2.51. The van der Waals surface area contributed by atoms with Gasteiger partial charge in [-0.15, -0.1) is 23.1 Å². The van der Waals surface area contributed by atoms with Crippen LogP contribution in [0.1, 0.15) is 6.92 Å². The van der Waals surface area contributed by atoms with Crippen molar-refractivity contribution in [3.63, 3.8) is 0 Å². The number of nitrogens with two attached hydrogens (primary N) is 1. The smallest absolute Gasteiger partial charge is 0.239 e. The van der Waals surface area contributed by atoms with Gasteiger partial charge in [0.25, 0.3) is 0 Å². The van der Waals surface area contributed by atoms with Gasteiger partial charge in [-0.25, -0.2) is 4.98 Å². The first-order chi connectivity index (χ1) is 13.5. The SMILES string of the molecule is COc1ccc(-c2csc(NC(=O)C(C)Sc3cccc(N)c3)n2)cc1OC. The lowest BCUT2D eigenvalue weighted by Crippen LogP contribution is -2.22. The molecule has 0 radical (unpaired) electrons. The third-order valence-corrected chi connectivity index (χ3v) is 5.81. The Morgan fingerprint density at radius 3 is 2.68 bits per heavy atom. The predicted octanol–water partition coefficient (Wildman–Crippen LogP) is 4.53. The number of benzene rings is 2. The fourth-order valence-corrected chi connectivity index (χ4v) is 4.17. The molecule has 0 bridgehead atoms. The molecular formula is C20H21N3O3S2. The maximum Gasteiger partial charge on any atom is 0.239 e. The molecule has 2 aromatic carbocycles. The van der Waals surface area contributed by atoms with Gasteiger partial charge in [-0.2, -0.15) is 0 Å². The van der Waals surface area contributed by atoms with Gasteiger partial charge in [-0.05, 0) is 43.3 Å². The van der Waals surface area contributed by atoms with Gasteiger partial charge in [0.2, 0.25) is 5.91 Å². The number of thioether (sulfide) groups is 1. The Morgan fingerprint density at radius 2 is 1.96 bits per heavy atom. The van der Waals surface area contributed by atoms with Crippen LogP contribution in [0.3, 0.4) is 0 Å². The highest BCUT2D eigenvalue weighted by molar-refractivity contribution is 8.00. The van der Waals surface area contributed by atoms with Crippen LogP contribution in [0.5, 0.6) is 11.5 Å². The number of thiazole rings is 1. The number of methoxy groups -OCH3 is 2. The fraction of sp³-hybridized carbons (Fsp3) is 0.200. The van der Waals surface area contributed by atoms with Crippen LogP contribution < -0.4 is 20.5 Å². The molecule has 146 valence electrons. The third-order valence-electron chi connectivity index (χ3n) is 3.95. The van der Waals surface area contributed by atoms with Crippen LogP contribution in [-0.2, 0) is 4.79 Å². The van der Waals surface area contributed by atoms with Crippen molar-refractivity contribution < 1.29 is 14.3 Å². The van der Waals surface area contributed by atoms with Gasteiger partial charge in [-0.1, -0.05) is 6.07 Å². The van der Waals surface area contributed by atoms with Crippen LogP contribution in [0.25, 0.3) is 11.3 Å². The molecule has 0 saturated carbocycles. The molecule has 0 aliphatic heterocycles. The van der Waals surface area contributed by atoms with Crippen LogP contribution in [0.2, 0.25) is 0 Å². The summed E-state index contributed by atoms with van der Waals surface area (Å²) < 4.78 is 10.6. The monoisotopic (exact) mass is 415 g/mol. The van der Waals surface area contributed by atoms with E-state index in [0.717, 1.165) is 16.2 Å². The number of nitrogen functional groups attached to an aromatic ring is 1. The predicted molar refractivity (Wildman–Crippen MR) is 115 cm³/mol. The number of aromatic nitrogens is 1. The van der Waals surface area contributed by atoms with Crippen molar-refractivity contribution in [3.8, 4) is 22.8 Å². The topological polar surface area (TPSA) is 86.5 Å². The highest BCUT2D eigenvalue weighted by atomic mass is 32.2. The maximum atomic E-state index is 12.5. The number of ether oxygens (including phenoxy) is 2. The molecule has 3 aromatic rings. The van der Waals surface area contributed by atoms with E-state index in [1.165, 1.54) is 23.1 Å². The van der Waals surface area contributed by atoms with Crippen molar-refractivity contribution in [2.24, 2.45) is 0 Å². The van der Waals surface area contributed by atoms with E-state index in [1.807, 2.05) is 54.8 Å². The third kappa shape index (κ3) is 4.76. The van der Waals surface area contributed by atoms with Crippen molar-refractivity contribution in [1.29, 1.82) is 0 Å². The maximum absolute atomic E-state index is 12.5. The summed E-state index contributed by atoms with van der Waals surface area (Å²) in [6.45, 7) is 1.85. The van der Waals surface area contributed by atoms with E-state index in [-0.39, 0.29) is 11.2 Å². The second kappa shape index (κ2) is 8.99. The number of nitrogens with one attached hydrogen (secondary N) is 1. The Labute approximate surface area is 172 Å². The summed E-state index contributed by atoms with van der Waals surface area (Å²) in [5.41, 5.74) is 8.12. The molecule has 1 atom stereocenters. The summed E-state index contributed by atoms with van der Waals surface area (Å²) in [5.74, 6) is 1.17. The Bertz CT molecular complexity index is 975. The van der Waals surface area contributed by atoms with Gasteiger partial charge in [0.15, 0.2) is 16.6 Å². The van der Waals surface area contributed by atoms with E-state index < -0.39 is 0 Å². The molecule has 28 heavy (non-hydrogen) atoms. The van der Waals surface area contributed by atoms with Gasteiger partial charge in [0.1, 0.15) is 0 Å². The molecule has 3 rings (SSSR count). The molecule has 0 fully saturated rings. The molecule has 1 amide bonds. The second-order valence-electron chi connectivity index (χ2n) is 5.93. The zero-order valence-corrected chi connectivity index (χ0v) is 17.4. The van der Waals surface area contributed by atoms with Crippen LogP contribution in [0.4, 0.5) is 10.8 Å². The molecule has 0 aliphatic carbocycles. The average molecular weight is 416 g/mol. The zero-order chi connectivity index (χ0) is 20.1. The van der Waals surface area contributed by atoms with Crippen molar-refractivity contribution in [1.82, 2.24) is 4.98 Å². The summed E-state index contributed by atoms with van der Waals surface area (Å²) >= 11 is 2.83. The normalized spacial score (nSPS) is 11.7. The minimum Gasteiger partial charge on any atom is -0.493 e. The molecule has 3 N–H and O–H groups in total. The summed E-state index contributed by atoms with van der Waals surface area (Å²) in [6, 6.07) is 13.1. The molecule has 8 heteroatoms. The summed E-state index contributed by atoms with van der Waals surface area (Å²) in [5, 5.41) is 5.04. The number of hydrogen-bond donors (Lipinski definition) is 2. The molecule has 1 aromatic heterocycles. The molecule has 0 aliphatic rings. The molecular weight excluding hydrogens is 394 g/mol. The number of rotatable bonds is 7. The van der Waals surface area contributed by atoms with Gasteiger partial charge in [0, 0.05) is 21.5 Å². The Morgan fingerprint density at radius 1 is 1.18 bits per heavy atom. The minimum atomic E-state index is -0.282. The Kier molecular flexibility index (Phi) is 6.43. The first-order valence-corrected chi connectivity index (χ1v) is 10.3. The second-order valence-corrected chi connectivity index (χ2v) is 8.20. The first-order valence-electron chi connectivity index (χ1n) is 8.51. The lowest BCUT2D eigenvalue weighted by Gasteiger charge is -2.11. The highest BCUT2D eigenvalue weighted by Crippen LogP contribution is 2.34. The number of carbonyl (C=O) groups is 1. The number of nitrogens with zero attached hydrogens (tertiary/aromatic N) is 1. The lowest BCUT2D eigenvalue weighted by molar-refractivity contribution is -0.115. The number of hydrogen-bond acceptors (Lipinski definition) is 7. The average Bonchev–Trinajstić information content (AvgIpc) is 3.15. The van der Waals surface area contributed by atoms with Crippen LogP contribution in [-0.4, -0.2) is 30.4 Å². The lowest BCUT2D eigenvalue weighted by atomic mass is 10.1. The minimum absolute atomic E-state index is 0.111. The molecule has 0 spiro atoms. The Hall–Kier alpha value is -2.71. The molecule has 1 unspecified atom stereocenters. The summed E-state index contributed by atoms with van der Waals surface area (Å²) in [6.07, 6.45) is 0. The largest absolute Gasteiger partial charge is 0.493 e. The number of anilines is 2. The van der Waals surface area contributed by atoms with E-state index in [4.69, 9.17) is 15.2 Å². The number of amides is 1. The Balaban J connectivity index is 1.67. The first kappa shape index (κ1) is 20.0. The quantitative estimate of drug-likeness (QED) is 0.436. The zero-order valence-electron chi connectivity index (χ0n) is 15.8. The van der Waals surface area contributed by atoms with Gasteiger partial charge < -0.3 is 20.5 Å². The number of carbonyl (C=O) groups excluding carboxylic acids is 1. The summed E-state index contributed by atoms with van der Waals surface area (Å²) in [4.78, 5) is 18.0. The van der Waals surface area contributed by atoms with Crippen molar-refractivity contribution in [2.75, 3.05) is 25.3 Å². The van der Waals surface area contributed by atoms with E-state index in [1.54, 1.807) is 14.2 Å². The summed E-state index contributed by atoms with van der Waals surface area (Å²) in [7, 11) is 3.19. The van der Waals surface area contributed by atoms with Crippen molar-refractivity contribution in [2.45, 2.75) is 17.1 Å². The molecule has 0 saturated heterocycles. The van der Waals surface area contributed by atoms with Gasteiger partial charge in [-0.3, -0.25) is 4.79 Å². The van der Waals surface area contributed by atoms with Crippen molar-refractivity contribution in [3.05, 3.63) is 47.8 Å². The van der Waals surface area contributed by atoms with E-state index in [9.17, 15) is 4.79 Å². The van der Waals surface area contributed by atoms with Crippen molar-refractivity contribution >= 4 is 39.8 Å². The van der Waals surface area contributed by atoms with E-state index in [2.05, 4.69) is 10.3 Å². The van der Waals surface area contributed by atoms with Gasteiger partial charge in [0.05, 0.1) is 25.2 Å². The van der Waals surface area contributed by atoms with Crippen LogP contribution >= 0.6 is 23.1 Å².